The first kappa shape index (κ1) is 26.5. The Bertz CT molecular complexity index is 2260. The molecule has 8 rings (SSSR count). The minimum atomic E-state index is -0.209. The molecule has 1 aliphatic carbocycles. The number of fused-ring (bicyclic) bond motifs is 3. The quantitative estimate of drug-likeness (QED) is 0.145. The standard InChI is InChI=1S/C39H25NO2S2/c1-24-8-7-13-30(18-24)40(29-11-3-2-4-12-29)37-23-36-35(44-37)22-31(43-36)21-34-38(41)32-17-16-28(20-33(32)39(34)42)27-15-14-25-9-5-6-10-26(25)19-27/h2-23H,1H3. The fourth-order valence-corrected chi connectivity index (χ4v) is 8.30. The van der Waals surface area contributed by atoms with E-state index in [-0.39, 0.29) is 17.1 Å². The first-order valence-electron chi connectivity index (χ1n) is 14.4. The van der Waals surface area contributed by atoms with Gasteiger partial charge in [0.15, 0.2) is 11.6 Å². The number of carbonyl (C=O) groups excluding carboxylic acids is 2. The largest absolute Gasteiger partial charge is 0.302 e. The number of benzene rings is 5. The number of Topliss-reactive ketones (excluding diaryl/α,β-unsaturated/α-hetero) is 2. The summed E-state index contributed by atoms with van der Waals surface area (Å²) in [6.07, 6.45) is 1.77. The number of ketones is 2. The summed E-state index contributed by atoms with van der Waals surface area (Å²) in [4.78, 5) is 30.1. The lowest BCUT2D eigenvalue weighted by atomic mass is 9.98. The van der Waals surface area contributed by atoms with Gasteiger partial charge >= 0.3 is 0 Å². The van der Waals surface area contributed by atoms with Crippen LogP contribution in [0.1, 0.15) is 31.2 Å². The summed E-state index contributed by atoms with van der Waals surface area (Å²) in [6.45, 7) is 2.10. The number of anilines is 3. The molecule has 7 aromatic rings. The van der Waals surface area contributed by atoms with Gasteiger partial charge < -0.3 is 4.90 Å². The molecule has 210 valence electrons. The molecule has 0 unspecified atom stereocenters. The summed E-state index contributed by atoms with van der Waals surface area (Å²) in [7, 11) is 0. The third-order valence-corrected chi connectivity index (χ3v) is 10.3. The van der Waals surface area contributed by atoms with Crippen LogP contribution in [0.25, 0.3) is 37.4 Å². The molecule has 0 amide bonds. The molecule has 0 aliphatic heterocycles. The van der Waals surface area contributed by atoms with E-state index in [1.165, 1.54) is 10.9 Å². The van der Waals surface area contributed by atoms with Gasteiger partial charge in [0.1, 0.15) is 5.00 Å². The highest BCUT2D eigenvalue weighted by Gasteiger charge is 2.33. The average molecular weight is 604 g/mol. The van der Waals surface area contributed by atoms with Crippen molar-refractivity contribution < 1.29 is 9.59 Å². The van der Waals surface area contributed by atoms with Crippen LogP contribution >= 0.6 is 22.7 Å². The second-order valence-corrected chi connectivity index (χ2v) is 13.2. The van der Waals surface area contributed by atoms with Gasteiger partial charge in [0.25, 0.3) is 0 Å². The first-order chi connectivity index (χ1) is 21.5. The number of hydrogen-bond acceptors (Lipinski definition) is 5. The number of nitrogens with zero attached hydrogens (tertiary/aromatic N) is 1. The van der Waals surface area contributed by atoms with Crippen molar-refractivity contribution in [3.63, 3.8) is 0 Å². The Balaban J connectivity index is 1.12. The van der Waals surface area contributed by atoms with Crippen molar-refractivity contribution in [1.29, 1.82) is 0 Å². The maximum Gasteiger partial charge on any atom is 0.197 e. The summed E-state index contributed by atoms with van der Waals surface area (Å²) in [6, 6.07) is 43.2. The maximum absolute atomic E-state index is 13.6. The fourth-order valence-electron chi connectivity index (χ4n) is 5.92. The average Bonchev–Trinajstić information content (AvgIpc) is 3.68. The van der Waals surface area contributed by atoms with Gasteiger partial charge in [-0.15, -0.1) is 22.7 Å². The summed E-state index contributed by atoms with van der Waals surface area (Å²) in [5.41, 5.74) is 6.54. The molecule has 0 spiro atoms. The van der Waals surface area contributed by atoms with E-state index in [1.807, 2.05) is 30.3 Å². The number of carbonyl (C=O) groups is 2. The Morgan fingerprint density at radius 1 is 0.568 bits per heavy atom. The number of hydrogen-bond donors (Lipinski definition) is 0. The lowest BCUT2D eigenvalue weighted by Crippen LogP contribution is -2.08. The highest BCUT2D eigenvalue weighted by molar-refractivity contribution is 7.30. The van der Waals surface area contributed by atoms with Gasteiger partial charge in [-0.05, 0) is 95.1 Å². The topological polar surface area (TPSA) is 37.4 Å². The summed E-state index contributed by atoms with van der Waals surface area (Å²) < 4.78 is 2.25. The van der Waals surface area contributed by atoms with E-state index >= 15 is 0 Å². The Morgan fingerprint density at radius 3 is 2.09 bits per heavy atom. The molecule has 0 fully saturated rings. The third-order valence-electron chi connectivity index (χ3n) is 8.08. The zero-order valence-corrected chi connectivity index (χ0v) is 25.4. The lowest BCUT2D eigenvalue weighted by molar-refractivity contribution is 0.0990. The predicted octanol–water partition coefficient (Wildman–Crippen LogP) is 11.0. The van der Waals surface area contributed by atoms with Gasteiger partial charge in [0.2, 0.25) is 0 Å². The maximum atomic E-state index is 13.6. The third kappa shape index (κ3) is 4.58. The van der Waals surface area contributed by atoms with E-state index in [9.17, 15) is 9.59 Å². The molecule has 5 heteroatoms. The summed E-state index contributed by atoms with van der Waals surface area (Å²) in [5.74, 6) is -0.415. The van der Waals surface area contributed by atoms with Gasteiger partial charge in [0, 0.05) is 36.8 Å². The van der Waals surface area contributed by atoms with Crippen molar-refractivity contribution in [2.24, 2.45) is 0 Å². The Labute approximate surface area is 263 Å². The lowest BCUT2D eigenvalue weighted by Gasteiger charge is -2.23. The molecule has 3 nitrogen and oxygen atoms in total. The molecule has 0 atom stereocenters. The Hall–Kier alpha value is -5.10. The van der Waals surface area contributed by atoms with Crippen molar-refractivity contribution in [1.82, 2.24) is 0 Å². The van der Waals surface area contributed by atoms with Gasteiger partial charge in [0.05, 0.1) is 5.57 Å². The minimum absolute atomic E-state index is 0.206. The van der Waals surface area contributed by atoms with Crippen LogP contribution in [0.4, 0.5) is 16.4 Å². The van der Waals surface area contributed by atoms with E-state index in [2.05, 4.69) is 103 Å². The molecule has 0 bridgehead atoms. The highest BCUT2D eigenvalue weighted by atomic mass is 32.1. The molecule has 2 aromatic heterocycles. The molecule has 44 heavy (non-hydrogen) atoms. The molecule has 0 radical (unpaired) electrons. The smallest absolute Gasteiger partial charge is 0.197 e. The molecular weight excluding hydrogens is 579 g/mol. The number of aryl methyl sites for hydroxylation is 1. The van der Waals surface area contributed by atoms with Crippen LogP contribution in [0.3, 0.4) is 0 Å². The number of rotatable bonds is 5. The van der Waals surface area contributed by atoms with Gasteiger partial charge in [-0.2, -0.15) is 0 Å². The number of para-hydroxylation sites is 1. The van der Waals surface area contributed by atoms with E-state index < -0.39 is 0 Å². The van der Waals surface area contributed by atoms with Crippen LogP contribution in [0.5, 0.6) is 0 Å². The van der Waals surface area contributed by atoms with Crippen molar-refractivity contribution in [2.75, 3.05) is 4.90 Å². The normalized spacial score (nSPS) is 13.7. The van der Waals surface area contributed by atoms with Crippen LogP contribution in [0.2, 0.25) is 0 Å². The monoisotopic (exact) mass is 603 g/mol. The zero-order valence-electron chi connectivity index (χ0n) is 23.8. The minimum Gasteiger partial charge on any atom is -0.302 e. The van der Waals surface area contributed by atoms with Gasteiger partial charge in [-0.3, -0.25) is 9.59 Å². The van der Waals surface area contributed by atoms with E-state index in [4.69, 9.17) is 0 Å². The van der Waals surface area contributed by atoms with Crippen LogP contribution in [0, 0.1) is 6.92 Å². The van der Waals surface area contributed by atoms with Crippen LogP contribution in [-0.2, 0) is 0 Å². The SMILES string of the molecule is Cc1cccc(N(c2ccccc2)c2cc3sc(C=C4C(=O)c5ccc(-c6ccc7ccccc7c6)cc5C4=O)cc3s2)c1. The molecule has 1 aliphatic rings. The van der Waals surface area contributed by atoms with Crippen molar-refractivity contribution in [3.8, 4) is 11.1 Å². The molecule has 0 N–H and O–H groups in total. The van der Waals surface area contributed by atoms with Crippen molar-refractivity contribution in [3.05, 3.63) is 155 Å². The summed E-state index contributed by atoms with van der Waals surface area (Å²) >= 11 is 3.31. The van der Waals surface area contributed by atoms with E-state index in [1.54, 1.807) is 34.8 Å². The fraction of sp³-hybridized carbons (Fsp3) is 0.0256. The van der Waals surface area contributed by atoms with E-state index in [0.29, 0.717) is 11.1 Å². The second-order valence-electron chi connectivity index (χ2n) is 11.0. The Kier molecular flexibility index (Phi) is 6.37. The number of thiophene rings is 2. The van der Waals surface area contributed by atoms with Gasteiger partial charge in [-0.25, -0.2) is 0 Å². The van der Waals surface area contributed by atoms with Crippen molar-refractivity contribution >= 4 is 76.9 Å². The van der Waals surface area contributed by atoms with Crippen LogP contribution in [-0.4, -0.2) is 11.6 Å². The number of allylic oxidation sites excluding steroid dienone is 1. The van der Waals surface area contributed by atoms with Crippen LogP contribution in [0.15, 0.2) is 133 Å². The Morgan fingerprint density at radius 2 is 1.27 bits per heavy atom. The van der Waals surface area contributed by atoms with E-state index in [0.717, 1.165) is 47.2 Å². The molecule has 5 aromatic carbocycles. The van der Waals surface area contributed by atoms with Crippen molar-refractivity contribution in [2.45, 2.75) is 6.92 Å². The molecular formula is C39H25NO2S2. The predicted molar refractivity (Wildman–Crippen MR) is 185 cm³/mol. The second kappa shape index (κ2) is 10.6. The van der Waals surface area contributed by atoms with Gasteiger partial charge in [-0.1, -0.05) is 72.8 Å². The summed E-state index contributed by atoms with van der Waals surface area (Å²) in [5, 5.41) is 3.42. The van der Waals surface area contributed by atoms with Crippen LogP contribution < -0.4 is 4.90 Å². The highest BCUT2D eigenvalue weighted by Crippen LogP contribution is 2.45. The molecule has 0 saturated heterocycles. The first-order valence-corrected chi connectivity index (χ1v) is 16.0. The molecule has 2 heterocycles. The zero-order chi connectivity index (χ0) is 29.8. The molecule has 0 saturated carbocycles.